The summed E-state index contributed by atoms with van der Waals surface area (Å²) in [7, 11) is 1.29. The Labute approximate surface area is 153 Å². The molecule has 0 atom stereocenters. The van der Waals surface area contributed by atoms with Crippen LogP contribution in [0.1, 0.15) is 38.3 Å². The van der Waals surface area contributed by atoms with Gasteiger partial charge in [-0.1, -0.05) is 0 Å². The van der Waals surface area contributed by atoms with Crippen molar-refractivity contribution in [1.29, 1.82) is 0 Å². The highest BCUT2D eigenvalue weighted by Gasteiger charge is 2.31. The van der Waals surface area contributed by atoms with Crippen molar-refractivity contribution in [1.82, 2.24) is 4.90 Å². The van der Waals surface area contributed by atoms with Crippen LogP contribution in [0.2, 0.25) is 0 Å². The molecule has 3 rings (SSSR count). The first kappa shape index (κ1) is 18.0. The van der Waals surface area contributed by atoms with Crippen LogP contribution in [0.3, 0.4) is 0 Å². The molecule has 0 aliphatic carbocycles. The molecule has 3 heterocycles. The summed E-state index contributed by atoms with van der Waals surface area (Å²) in [6.45, 7) is 2.79. The zero-order chi connectivity index (χ0) is 18.7. The van der Waals surface area contributed by atoms with Gasteiger partial charge in [0, 0.05) is 11.4 Å². The van der Waals surface area contributed by atoms with E-state index in [1.807, 2.05) is 0 Å². The van der Waals surface area contributed by atoms with Crippen LogP contribution in [0, 0.1) is 0 Å². The number of nitrogens with zero attached hydrogens (tertiary/aromatic N) is 1. The topological polar surface area (TPSA) is 98.1 Å². The van der Waals surface area contributed by atoms with E-state index in [0.29, 0.717) is 36.7 Å². The summed E-state index contributed by atoms with van der Waals surface area (Å²) in [5.41, 5.74) is 1.12. The average molecular weight is 378 g/mol. The van der Waals surface area contributed by atoms with E-state index in [0.717, 1.165) is 10.4 Å². The number of amides is 2. The number of furan rings is 1. The lowest BCUT2D eigenvalue weighted by atomic mass is 10.0. The van der Waals surface area contributed by atoms with Gasteiger partial charge in [-0.2, -0.15) is 0 Å². The largest absolute Gasteiger partial charge is 0.465 e. The summed E-state index contributed by atoms with van der Waals surface area (Å²) in [5, 5.41) is 3.09. The van der Waals surface area contributed by atoms with E-state index in [9.17, 15) is 14.4 Å². The molecular weight excluding hydrogens is 360 g/mol. The van der Waals surface area contributed by atoms with Gasteiger partial charge in [-0.05, 0) is 31.0 Å². The molecule has 138 valence electrons. The van der Waals surface area contributed by atoms with Crippen LogP contribution in [-0.4, -0.2) is 43.1 Å². The minimum atomic E-state index is -0.526. The summed E-state index contributed by atoms with van der Waals surface area (Å²) < 4.78 is 15.0. The lowest BCUT2D eigenvalue weighted by Crippen LogP contribution is -2.36. The number of hydrogen-bond donors (Lipinski definition) is 1. The van der Waals surface area contributed by atoms with Crippen LogP contribution in [-0.2, 0) is 22.4 Å². The van der Waals surface area contributed by atoms with Gasteiger partial charge in [-0.15, -0.1) is 11.3 Å². The molecule has 2 aromatic heterocycles. The lowest BCUT2D eigenvalue weighted by Gasteiger charge is -2.26. The Morgan fingerprint density at radius 1 is 1.38 bits per heavy atom. The molecule has 8 nitrogen and oxygen atoms in total. The van der Waals surface area contributed by atoms with Gasteiger partial charge < -0.3 is 24.1 Å². The number of esters is 1. The standard InChI is InChI=1S/C17H18N2O6S/c1-3-24-17(22)19-7-6-10-12(9-19)26-15(13(10)16(21)23-2)18-14(20)11-5-4-8-25-11/h4-5,8H,3,6-7,9H2,1-2H3,(H,18,20). The maximum Gasteiger partial charge on any atom is 0.410 e. The van der Waals surface area contributed by atoms with E-state index >= 15 is 0 Å². The summed E-state index contributed by atoms with van der Waals surface area (Å²) >= 11 is 1.25. The van der Waals surface area contributed by atoms with Gasteiger partial charge in [0.05, 0.1) is 32.1 Å². The minimum absolute atomic E-state index is 0.139. The minimum Gasteiger partial charge on any atom is -0.465 e. The van der Waals surface area contributed by atoms with Gasteiger partial charge in [-0.25, -0.2) is 9.59 Å². The average Bonchev–Trinajstić information content (AvgIpc) is 3.28. The van der Waals surface area contributed by atoms with Crippen LogP contribution >= 0.6 is 11.3 Å². The summed E-state index contributed by atoms with van der Waals surface area (Å²) in [5.74, 6) is -0.844. The smallest absolute Gasteiger partial charge is 0.410 e. The first-order chi connectivity index (χ1) is 12.5. The molecule has 1 aliphatic heterocycles. The maximum absolute atomic E-state index is 12.3. The highest BCUT2D eigenvalue weighted by atomic mass is 32.1. The number of carbonyl (C=O) groups is 3. The van der Waals surface area contributed by atoms with Gasteiger partial charge in [0.1, 0.15) is 5.00 Å². The van der Waals surface area contributed by atoms with Crippen molar-refractivity contribution in [2.45, 2.75) is 19.9 Å². The number of ether oxygens (including phenoxy) is 2. The Hall–Kier alpha value is -2.81. The van der Waals surface area contributed by atoms with Crippen molar-refractivity contribution in [3.8, 4) is 0 Å². The second-order valence-electron chi connectivity index (χ2n) is 5.50. The fourth-order valence-electron chi connectivity index (χ4n) is 2.75. The van der Waals surface area contributed by atoms with Gasteiger partial charge >= 0.3 is 12.1 Å². The second kappa shape index (κ2) is 7.61. The SMILES string of the molecule is CCOC(=O)N1CCc2c(sc(NC(=O)c3ccco3)c2C(=O)OC)C1. The normalized spacial score (nSPS) is 13.1. The van der Waals surface area contributed by atoms with Crippen molar-refractivity contribution in [2.75, 3.05) is 25.6 Å². The van der Waals surface area contributed by atoms with Crippen molar-refractivity contribution < 1.29 is 28.3 Å². The van der Waals surface area contributed by atoms with E-state index in [4.69, 9.17) is 13.9 Å². The predicted molar refractivity (Wildman–Crippen MR) is 93.5 cm³/mol. The van der Waals surface area contributed by atoms with Crippen molar-refractivity contribution >= 4 is 34.3 Å². The zero-order valence-corrected chi connectivity index (χ0v) is 15.2. The van der Waals surface area contributed by atoms with Gasteiger partial charge in [-0.3, -0.25) is 4.79 Å². The van der Waals surface area contributed by atoms with Crippen LogP contribution in [0.4, 0.5) is 9.80 Å². The molecule has 0 unspecified atom stereocenters. The first-order valence-corrected chi connectivity index (χ1v) is 8.86. The summed E-state index contributed by atoms with van der Waals surface area (Å²) in [4.78, 5) is 38.9. The molecule has 0 saturated carbocycles. The number of nitrogens with one attached hydrogen (secondary N) is 1. The van der Waals surface area contributed by atoms with E-state index in [1.54, 1.807) is 17.9 Å². The Bertz CT molecular complexity index is 827. The molecule has 0 spiro atoms. The number of carbonyl (C=O) groups excluding carboxylic acids is 3. The van der Waals surface area contributed by atoms with Crippen LogP contribution in [0.5, 0.6) is 0 Å². The molecule has 1 N–H and O–H groups in total. The van der Waals surface area contributed by atoms with Gasteiger partial charge in [0.2, 0.25) is 0 Å². The Kier molecular flexibility index (Phi) is 5.27. The molecule has 9 heteroatoms. The number of hydrogen-bond acceptors (Lipinski definition) is 7. The van der Waals surface area contributed by atoms with E-state index < -0.39 is 18.0 Å². The van der Waals surface area contributed by atoms with E-state index in [-0.39, 0.29) is 5.76 Å². The number of anilines is 1. The highest BCUT2D eigenvalue weighted by molar-refractivity contribution is 7.17. The van der Waals surface area contributed by atoms with E-state index in [2.05, 4.69) is 5.32 Å². The fraction of sp³-hybridized carbons (Fsp3) is 0.353. The Morgan fingerprint density at radius 3 is 2.85 bits per heavy atom. The summed E-state index contributed by atoms with van der Waals surface area (Å²) in [6.07, 6.45) is 1.48. The number of thiophene rings is 1. The van der Waals surface area contributed by atoms with Crippen molar-refractivity contribution in [3.63, 3.8) is 0 Å². The quantitative estimate of drug-likeness (QED) is 0.822. The predicted octanol–water partition coefficient (Wildman–Crippen LogP) is 2.89. The molecule has 2 amide bonds. The molecule has 2 aromatic rings. The molecule has 0 bridgehead atoms. The molecule has 0 fully saturated rings. The molecular formula is C17H18N2O6S. The number of rotatable bonds is 4. The highest BCUT2D eigenvalue weighted by Crippen LogP contribution is 2.38. The molecule has 1 aliphatic rings. The third kappa shape index (κ3) is 3.43. The first-order valence-electron chi connectivity index (χ1n) is 8.04. The molecule has 0 aromatic carbocycles. The van der Waals surface area contributed by atoms with Gasteiger partial charge in [0.15, 0.2) is 5.76 Å². The van der Waals surface area contributed by atoms with E-state index in [1.165, 1.54) is 30.8 Å². The lowest BCUT2D eigenvalue weighted by molar-refractivity contribution is 0.0600. The van der Waals surface area contributed by atoms with Gasteiger partial charge in [0.25, 0.3) is 5.91 Å². The van der Waals surface area contributed by atoms with Crippen LogP contribution < -0.4 is 5.32 Å². The molecule has 0 saturated heterocycles. The molecule has 0 radical (unpaired) electrons. The maximum atomic E-state index is 12.3. The fourth-order valence-corrected chi connectivity index (χ4v) is 4.00. The molecule has 26 heavy (non-hydrogen) atoms. The Morgan fingerprint density at radius 2 is 2.19 bits per heavy atom. The monoisotopic (exact) mass is 378 g/mol. The summed E-state index contributed by atoms with van der Waals surface area (Å²) in [6, 6.07) is 3.13. The van der Waals surface area contributed by atoms with Crippen LogP contribution in [0.25, 0.3) is 0 Å². The number of methoxy groups -OCH3 is 1. The van der Waals surface area contributed by atoms with Crippen molar-refractivity contribution in [2.24, 2.45) is 0 Å². The second-order valence-corrected chi connectivity index (χ2v) is 6.61. The third-order valence-corrected chi connectivity index (χ3v) is 5.08. The zero-order valence-electron chi connectivity index (χ0n) is 14.4. The van der Waals surface area contributed by atoms with Crippen molar-refractivity contribution in [3.05, 3.63) is 40.2 Å². The number of fused-ring (bicyclic) bond motifs is 1. The van der Waals surface area contributed by atoms with Crippen LogP contribution in [0.15, 0.2) is 22.8 Å². The Balaban J connectivity index is 1.89. The third-order valence-electron chi connectivity index (χ3n) is 3.94.